The molecule has 1 rings (SSSR count). The van der Waals surface area contributed by atoms with E-state index in [0.717, 1.165) is 4.90 Å². The van der Waals surface area contributed by atoms with Gasteiger partial charge in [0.05, 0.1) is 10.4 Å². The molecule has 1 N–H and O–H groups in total. The van der Waals surface area contributed by atoms with Crippen molar-refractivity contribution < 1.29 is 4.79 Å². The highest BCUT2D eigenvalue weighted by atomic mass is 32.1. The lowest BCUT2D eigenvalue weighted by Crippen LogP contribution is -2.41. The van der Waals surface area contributed by atoms with Crippen LogP contribution in [0.3, 0.4) is 0 Å². The van der Waals surface area contributed by atoms with E-state index in [9.17, 15) is 4.79 Å². The Hall–Kier alpha value is -0.920. The molecule has 0 saturated carbocycles. The van der Waals surface area contributed by atoms with Crippen LogP contribution in [0.1, 0.15) is 23.5 Å². The van der Waals surface area contributed by atoms with Crippen molar-refractivity contribution in [1.82, 2.24) is 5.32 Å². The zero-order valence-electron chi connectivity index (χ0n) is 8.00. The van der Waals surface area contributed by atoms with Crippen LogP contribution in [0.5, 0.6) is 0 Å². The number of nitrogens with one attached hydrogen (secondary N) is 1. The van der Waals surface area contributed by atoms with Gasteiger partial charge in [0.25, 0.3) is 5.91 Å². The molecule has 1 aromatic rings. The first-order valence-corrected chi connectivity index (χ1v) is 5.35. The van der Waals surface area contributed by atoms with E-state index in [1.54, 1.807) is 25.3 Å². The Morgan fingerprint density at radius 3 is 2.79 bits per heavy atom. The predicted octanol–water partition coefficient (Wildman–Crippen LogP) is 2.18. The molecule has 0 saturated heterocycles. The number of carbonyl (C=O) groups is 1. The van der Waals surface area contributed by atoms with Gasteiger partial charge in [-0.3, -0.25) is 4.79 Å². The molecule has 0 aromatic carbocycles. The van der Waals surface area contributed by atoms with Crippen molar-refractivity contribution in [3.8, 4) is 12.3 Å². The highest BCUT2D eigenvalue weighted by Gasteiger charge is 2.18. The second-order valence-corrected chi connectivity index (χ2v) is 4.82. The van der Waals surface area contributed by atoms with Gasteiger partial charge in [0.1, 0.15) is 0 Å². The number of hydrogen-bond acceptors (Lipinski definition) is 3. The van der Waals surface area contributed by atoms with Crippen molar-refractivity contribution in [1.29, 1.82) is 0 Å². The Morgan fingerprint density at radius 2 is 2.36 bits per heavy atom. The molecule has 0 spiro atoms. The first-order valence-electron chi connectivity index (χ1n) is 4.02. The number of hydrogen-bond donors (Lipinski definition) is 2. The number of thiol groups is 1. The van der Waals surface area contributed by atoms with Crippen molar-refractivity contribution >= 4 is 29.9 Å². The smallest absolute Gasteiger partial charge is 0.262 e. The molecule has 0 aliphatic heterocycles. The standard InChI is InChI=1S/C10H11NOS2/c1-4-10(2,3)11-9(12)8-5-7(13)6-14-8/h1,5-6,13H,2-3H3,(H,11,12). The highest BCUT2D eigenvalue weighted by molar-refractivity contribution is 7.80. The summed E-state index contributed by atoms with van der Waals surface area (Å²) >= 11 is 5.48. The van der Waals surface area contributed by atoms with Crippen LogP contribution in [0, 0.1) is 12.3 Å². The third-order valence-corrected chi connectivity index (χ3v) is 2.96. The van der Waals surface area contributed by atoms with E-state index in [0.29, 0.717) is 4.88 Å². The van der Waals surface area contributed by atoms with Gasteiger partial charge in [0.2, 0.25) is 0 Å². The number of terminal acetylenes is 1. The highest BCUT2D eigenvalue weighted by Crippen LogP contribution is 2.18. The predicted molar refractivity (Wildman–Crippen MR) is 61.9 cm³/mol. The monoisotopic (exact) mass is 225 g/mol. The fourth-order valence-electron chi connectivity index (χ4n) is 0.827. The molecule has 2 nitrogen and oxygen atoms in total. The average molecular weight is 225 g/mol. The summed E-state index contributed by atoms with van der Waals surface area (Å²) in [4.78, 5) is 13.0. The normalized spacial score (nSPS) is 10.7. The summed E-state index contributed by atoms with van der Waals surface area (Å²) in [5.41, 5.74) is -0.613. The second-order valence-electron chi connectivity index (χ2n) is 3.39. The van der Waals surface area contributed by atoms with Crippen molar-refractivity contribution in [3.05, 3.63) is 16.3 Å². The third-order valence-electron chi connectivity index (χ3n) is 1.60. The maximum atomic E-state index is 11.6. The summed E-state index contributed by atoms with van der Waals surface area (Å²) in [7, 11) is 0. The number of carbonyl (C=O) groups excluding carboxylic acids is 1. The minimum absolute atomic E-state index is 0.154. The molecule has 1 amide bonds. The van der Waals surface area contributed by atoms with E-state index in [2.05, 4.69) is 23.9 Å². The van der Waals surface area contributed by atoms with E-state index in [1.165, 1.54) is 11.3 Å². The van der Waals surface area contributed by atoms with E-state index < -0.39 is 5.54 Å². The van der Waals surface area contributed by atoms with Crippen LogP contribution in [-0.2, 0) is 0 Å². The average Bonchev–Trinajstić information content (AvgIpc) is 2.51. The van der Waals surface area contributed by atoms with Gasteiger partial charge < -0.3 is 5.32 Å². The Kier molecular flexibility index (Phi) is 3.25. The van der Waals surface area contributed by atoms with Crippen LogP contribution >= 0.6 is 24.0 Å². The summed E-state index contributed by atoms with van der Waals surface area (Å²) in [6.45, 7) is 3.56. The summed E-state index contributed by atoms with van der Waals surface area (Å²) in [6, 6.07) is 1.72. The molecule has 0 fully saturated rings. The molecule has 1 aromatic heterocycles. The number of amides is 1. The first-order chi connectivity index (χ1) is 6.44. The van der Waals surface area contributed by atoms with Crippen LogP contribution in [-0.4, -0.2) is 11.4 Å². The zero-order chi connectivity index (χ0) is 10.8. The van der Waals surface area contributed by atoms with Crippen molar-refractivity contribution in [2.75, 3.05) is 0 Å². The molecule has 74 valence electrons. The minimum Gasteiger partial charge on any atom is -0.336 e. The van der Waals surface area contributed by atoms with E-state index in [4.69, 9.17) is 6.42 Å². The van der Waals surface area contributed by atoms with Crippen LogP contribution in [0.25, 0.3) is 0 Å². The fraction of sp³-hybridized carbons (Fsp3) is 0.300. The SMILES string of the molecule is C#CC(C)(C)NC(=O)c1cc(S)cs1. The number of rotatable bonds is 2. The largest absolute Gasteiger partial charge is 0.336 e. The van der Waals surface area contributed by atoms with Crippen LogP contribution in [0.4, 0.5) is 0 Å². The molecular formula is C10H11NOS2. The summed E-state index contributed by atoms with van der Waals surface area (Å²) in [5.74, 6) is 2.35. The lowest BCUT2D eigenvalue weighted by atomic mass is 10.1. The maximum absolute atomic E-state index is 11.6. The fourth-order valence-corrected chi connectivity index (χ4v) is 1.87. The quantitative estimate of drug-likeness (QED) is 0.586. The lowest BCUT2D eigenvalue weighted by molar-refractivity contribution is 0.0934. The van der Waals surface area contributed by atoms with Gasteiger partial charge in [0, 0.05) is 10.3 Å². The molecule has 0 unspecified atom stereocenters. The molecule has 0 aliphatic rings. The number of thiophene rings is 1. The molecule has 14 heavy (non-hydrogen) atoms. The second kappa shape index (κ2) is 4.07. The van der Waals surface area contributed by atoms with Crippen LogP contribution in [0.15, 0.2) is 16.3 Å². The Balaban J connectivity index is 2.74. The molecule has 1 heterocycles. The Bertz CT molecular complexity index is 387. The minimum atomic E-state index is -0.613. The summed E-state index contributed by atoms with van der Waals surface area (Å²) in [6.07, 6.45) is 5.26. The van der Waals surface area contributed by atoms with Gasteiger partial charge in [-0.15, -0.1) is 30.4 Å². The molecule has 0 bridgehead atoms. The van der Waals surface area contributed by atoms with Gasteiger partial charge in [-0.25, -0.2) is 0 Å². The zero-order valence-corrected chi connectivity index (χ0v) is 9.71. The van der Waals surface area contributed by atoms with Gasteiger partial charge >= 0.3 is 0 Å². The van der Waals surface area contributed by atoms with Gasteiger partial charge in [-0.1, -0.05) is 5.92 Å². The summed E-state index contributed by atoms with van der Waals surface area (Å²) < 4.78 is 0. The van der Waals surface area contributed by atoms with Gasteiger partial charge in [-0.2, -0.15) is 0 Å². The first kappa shape index (κ1) is 11.2. The van der Waals surface area contributed by atoms with Crippen molar-refractivity contribution in [2.24, 2.45) is 0 Å². The van der Waals surface area contributed by atoms with Crippen LogP contribution < -0.4 is 5.32 Å². The van der Waals surface area contributed by atoms with E-state index in [1.807, 2.05) is 0 Å². The van der Waals surface area contributed by atoms with Crippen LogP contribution in [0.2, 0.25) is 0 Å². The molecule has 4 heteroatoms. The van der Waals surface area contributed by atoms with Crippen molar-refractivity contribution in [2.45, 2.75) is 24.3 Å². The van der Waals surface area contributed by atoms with E-state index in [-0.39, 0.29) is 5.91 Å². The molecule has 0 atom stereocenters. The van der Waals surface area contributed by atoms with Gasteiger partial charge in [0.15, 0.2) is 0 Å². The topological polar surface area (TPSA) is 29.1 Å². The maximum Gasteiger partial charge on any atom is 0.262 e. The summed E-state index contributed by atoms with van der Waals surface area (Å²) in [5, 5.41) is 4.54. The Labute approximate surface area is 93.1 Å². The molecular weight excluding hydrogens is 214 g/mol. The molecule has 0 radical (unpaired) electrons. The third kappa shape index (κ3) is 2.79. The van der Waals surface area contributed by atoms with Crippen molar-refractivity contribution in [3.63, 3.8) is 0 Å². The Morgan fingerprint density at radius 1 is 1.71 bits per heavy atom. The van der Waals surface area contributed by atoms with E-state index >= 15 is 0 Å². The van der Waals surface area contributed by atoms with Gasteiger partial charge in [-0.05, 0) is 19.9 Å². The molecule has 0 aliphatic carbocycles. The lowest BCUT2D eigenvalue weighted by Gasteiger charge is -2.18.